The van der Waals surface area contributed by atoms with E-state index in [4.69, 9.17) is 4.42 Å². The number of amides is 1. The molecule has 140 valence electrons. The van der Waals surface area contributed by atoms with Crippen LogP contribution >= 0.6 is 11.8 Å². The summed E-state index contributed by atoms with van der Waals surface area (Å²) >= 11 is 1.19. The van der Waals surface area contributed by atoms with E-state index in [0.29, 0.717) is 24.1 Å². The van der Waals surface area contributed by atoms with E-state index in [1.165, 1.54) is 11.8 Å². The van der Waals surface area contributed by atoms with Crippen molar-refractivity contribution in [1.82, 2.24) is 15.1 Å². The van der Waals surface area contributed by atoms with Gasteiger partial charge in [-0.3, -0.25) is 4.79 Å². The fourth-order valence-corrected chi connectivity index (χ4v) is 5.49. The third-order valence-corrected chi connectivity index (χ3v) is 7.00. The second-order valence-corrected chi connectivity index (χ2v) is 9.70. The minimum atomic E-state index is -3.04. The number of sulfone groups is 1. The van der Waals surface area contributed by atoms with E-state index >= 15 is 0 Å². The maximum atomic E-state index is 12.8. The molecular weight excluding hydrogens is 374 g/mol. The third kappa shape index (κ3) is 4.27. The van der Waals surface area contributed by atoms with Crippen molar-refractivity contribution in [1.29, 1.82) is 0 Å². The fourth-order valence-electron chi connectivity index (χ4n) is 3.01. The van der Waals surface area contributed by atoms with Crippen LogP contribution < -0.4 is 0 Å². The average Bonchev–Trinajstić information content (AvgIpc) is 3.22. The Labute approximate surface area is 157 Å². The second kappa shape index (κ2) is 7.79. The van der Waals surface area contributed by atoms with Crippen LogP contribution in [0.1, 0.15) is 20.3 Å². The van der Waals surface area contributed by atoms with Gasteiger partial charge in [-0.2, -0.15) is 0 Å². The van der Waals surface area contributed by atoms with Gasteiger partial charge in [0, 0.05) is 18.2 Å². The third-order valence-electron chi connectivity index (χ3n) is 4.33. The highest BCUT2D eigenvalue weighted by molar-refractivity contribution is 8.00. The fraction of sp³-hybridized carbons (Fsp3) is 0.471. The van der Waals surface area contributed by atoms with Crippen molar-refractivity contribution in [2.24, 2.45) is 0 Å². The molecule has 2 heterocycles. The van der Waals surface area contributed by atoms with Gasteiger partial charge in [0.1, 0.15) is 0 Å². The van der Waals surface area contributed by atoms with Crippen molar-refractivity contribution in [2.45, 2.75) is 36.8 Å². The van der Waals surface area contributed by atoms with Gasteiger partial charge in [-0.15, -0.1) is 10.2 Å². The molecule has 26 heavy (non-hydrogen) atoms. The van der Waals surface area contributed by atoms with Gasteiger partial charge < -0.3 is 9.32 Å². The molecule has 1 aromatic heterocycles. The molecule has 1 aromatic carbocycles. The van der Waals surface area contributed by atoms with Crippen molar-refractivity contribution >= 4 is 27.5 Å². The van der Waals surface area contributed by atoms with Crippen LogP contribution in [0.3, 0.4) is 0 Å². The van der Waals surface area contributed by atoms with Crippen molar-refractivity contribution in [2.75, 3.05) is 18.1 Å². The molecule has 0 aliphatic carbocycles. The summed E-state index contributed by atoms with van der Waals surface area (Å²) in [7, 11) is -3.04. The summed E-state index contributed by atoms with van der Waals surface area (Å²) in [5.74, 6) is 0.483. The van der Waals surface area contributed by atoms with Crippen LogP contribution in [-0.4, -0.2) is 58.8 Å². The van der Waals surface area contributed by atoms with Gasteiger partial charge in [-0.25, -0.2) is 8.42 Å². The van der Waals surface area contributed by atoms with Crippen molar-refractivity contribution in [3.8, 4) is 11.5 Å². The molecular formula is C17H21N3O4S2. The molecule has 1 aliphatic rings. The lowest BCUT2D eigenvalue weighted by Gasteiger charge is -2.28. The first-order valence-electron chi connectivity index (χ1n) is 8.46. The number of benzene rings is 1. The lowest BCUT2D eigenvalue weighted by molar-refractivity contribution is -0.131. The molecule has 2 atom stereocenters. The topological polar surface area (TPSA) is 93.4 Å². The highest BCUT2D eigenvalue weighted by atomic mass is 32.2. The number of hydrogen-bond donors (Lipinski definition) is 0. The largest absolute Gasteiger partial charge is 0.411 e. The molecule has 1 fully saturated rings. The zero-order valence-electron chi connectivity index (χ0n) is 14.7. The number of aromatic nitrogens is 2. The minimum Gasteiger partial charge on any atom is -0.411 e. The number of thioether (sulfide) groups is 1. The molecule has 0 N–H and O–H groups in total. The molecule has 1 amide bonds. The highest BCUT2D eigenvalue weighted by Crippen LogP contribution is 2.28. The number of rotatable bonds is 6. The van der Waals surface area contributed by atoms with Gasteiger partial charge in [-0.1, -0.05) is 30.0 Å². The summed E-state index contributed by atoms with van der Waals surface area (Å²) < 4.78 is 29.0. The van der Waals surface area contributed by atoms with Crippen LogP contribution in [0, 0.1) is 0 Å². The molecule has 7 nitrogen and oxygen atoms in total. The van der Waals surface area contributed by atoms with Crippen LogP contribution in [-0.2, 0) is 14.6 Å². The molecule has 0 radical (unpaired) electrons. The molecule has 1 saturated heterocycles. The first-order valence-corrected chi connectivity index (χ1v) is 11.2. The van der Waals surface area contributed by atoms with Crippen molar-refractivity contribution < 1.29 is 17.6 Å². The summed E-state index contributed by atoms with van der Waals surface area (Å²) in [4.78, 5) is 14.4. The normalized spacial score (nSPS) is 20.0. The standard InChI is InChI=1S/C17H21N3O4S2/c1-3-20(14-9-10-26(22,23)11-14)16(21)12(2)25-17-19-18-15(24-17)13-7-5-4-6-8-13/h4-8,12,14H,3,9-11H2,1-2H3/t12-,14-/m0/s1. The molecule has 0 unspecified atom stereocenters. The van der Waals surface area contributed by atoms with E-state index in [2.05, 4.69) is 10.2 Å². The summed E-state index contributed by atoms with van der Waals surface area (Å²) in [6.07, 6.45) is 0.498. The van der Waals surface area contributed by atoms with Crippen LogP contribution in [0.5, 0.6) is 0 Å². The molecule has 0 spiro atoms. The van der Waals surface area contributed by atoms with Gasteiger partial charge >= 0.3 is 0 Å². The predicted molar refractivity (Wildman–Crippen MR) is 99.5 cm³/mol. The van der Waals surface area contributed by atoms with Gasteiger partial charge in [0.25, 0.3) is 5.22 Å². The van der Waals surface area contributed by atoms with Crippen LogP contribution in [0.4, 0.5) is 0 Å². The number of carbonyl (C=O) groups excluding carboxylic acids is 1. The number of hydrogen-bond acceptors (Lipinski definition) is 7. The van der Waals surface area contributed by atoms with E-state index in [-0.39, 0.29) is 23.5 Å². The number of nitrogens with zero attached hydrogens (tertiary/aromatic N) is 3. The van der Waals surface area contributed by atoms with Crippen LogP contribution in [0.15, 0.2) is 40.0 Å². The first-order chi connectivity index (χ1) is 12.4. The van der Waals surface area contributed by atoms with E-state index in [1.54, 1.807) is 11.8 Å². The summed E-state index contributed by atoms with van der Waals surface area (Å²) in [6, 6.07) is 9.16. The Morgan fingerprint density at radius 3 is 2.69 bits per heavy atom. The van der Waals surface area contributed by atoms with Crippen molar-refractivity contribution in [3.05, 3.63) is 30.3 Å². The van der Waals surface area contributed by atoms with Gasteiger partial charge in [0.15, 0.2) is 9.84 Å². The van der Waals surface area contributed by atoms with E-state index in [1.807, 2.05) is 37.3 Å². The monoisotopic (exact) mass is 395 g/mol. The average molecular weight is 396 g/mol. The van der Waals surface area contributed by atoms with E-state index in [9.17, 15) is 13.2 Å². The maximum absolute atomic E-state index is 12.8. The summed E-state index contributed by atoms with van der Waals surface area (Å²) in [5.41, 5.74) is 0.817. The Bertz CT molecular complexity index is 867. The first kappa shape index (κ1) is 18.9. The Morgan fingerprint density at radius 1 is 1.35 bits per heavy atom. The van der Waals surface area contributed by atoms with Gasteiger partial charge in [0.05, 0.1) is 16.8 Å². The Kier molecular flexibility index (Phi) is 5.67. The second-order valence-electron chi connectivity index (χ2n) is 6.18. The predicted octanol–water partition coefficient (Wildman–Crippen LogP) is 2.25. The van der Waals surface area contributed by atoms with Crippen LogP contribution in [0.25, 0.3) is 11.5 Å². The van der Waals surface area contributed by atoms with Crippen molar-refractivity contribution in [3.63, 3.8) is 0 Å². The Balaban J connectivity index is 1.66. The van der Waals surface area contributed by atoms with Gasteiger partial charge in [0.2, 0.25) is 11.8 Å². The van der Waals surface area contributed by atoms with Crippen LogP contribution in [0.2, 0.25) is 0 Å². The zero-order valence-corrected chi connectivity index (χ0v) is 16.3. The summed E-state index contributed by atoms with van der Waals surface area (Å²) in [6.45, 7) is 4.11. The molecule has 3 rings (SSSR count). The molecule has 2 aromatic rings. The molecule has 1 aliphatic heterocycles. The maximum Gasteiger partial charge on any atom is 0.277 e. The lowest BCUT2D eigenvalue weighted by Crippen LogP contribution is -2.44. The van der Waals surface area contributed by atoms with E-state index < -0.39 is 15.1 Å². The quantitative estimate of drug-likeness (QED) is 0.693. The zero-order chi connectivity index (χ0) is 18.7. The molecule has 9 heteroatoms. The van der Waals surface area contributed by atoms with E-state index in [0.717, 1.165) is 5.56 Å². The SMILES string of the molecule is CCN(C(=O)[C@H](C)Sc1nnc(-c2ccccc2)o1)[C@H]1CCS(=O)(=O)C1. The highest BCUT2D eigenvalue weighted by Gasteiger charge is 2.35. The Hall–Kier alpha value is -1.87. The lowest BCUT2D eigenvalue weighted by atomic mass is 10.2. The van der Waals surface area contributed by atoms with Gasteiger partial charge in [-0.05, 0) is 32.4 Å². The summed E-state index contributed by atoms with van der Waals surface area (Å²) in [5, 5.41) is 7.90. The smallest absolute Gasteiger partial charge is 0.277 e. The minimum absolute atomic E-state index is 0.0443. The Morgan fingerprint density at radius 2 is 2.08 bits per heavy atom. The molecule has 0 bridgehead atoms. The number of carbonyl (C=O) groups is 1. The molecule has 0 saturated carbocycles.